The van der Waals surface area contributed by atoms with Crippen molar-refractivity contribution in [2.75, 3.05) is 26.2 Å². The van der Waals surface area contributed by atoms with Gasteiger partial charge in [0.2, 0.25) is 5.91 Å². The van der Waals surface area contributed by atoms with Crippen LogP contribution in [0.15, 0.2) is 18.2 Å². The van der Waals surface area contributed by atoms with Crippen molar-refractivity contribution in [1.29, 1.82) is 0 Å². The zero-order valence-electron chi connectivity index (χ0n) is 15.9. The first kappa shape index (κ1) is 19.7. The summed E-state index contributed by atoms with van der Waals surface area (Å²) < 4.78 is 27.8. The van der Waals surface area contributed by atoms with E-state index in [-0.39, 0.29) is 17.2 Å². The van der Waals surface area contributed by atoms with Crippen molar-refractivity contribution in [3.05, 3.63) is 35.4 Å². The number of hydrogen-bond donors (Lipinski definition) is 2. The van der Waals surface area contributed by atoms with E-state index in [0.29, 0.717) is 13.1 Å². The van der Waals surface area contributed by atoms with Gasteiger partial charge in [-0.05, 0) is 49.3 Å². The lowest BCUT2D eigenvalue weighted by molar-refractivity contribution is -0.136. The van der Waals surface area contributed by atoms with E-state index in [4.69, 9.17) is 0 Å². The third-order valence-electron chi connectivity index (χ3n) is 5.88. The number of likely N-dealkylation sites (tertiary alicyclic amines) is 1. The summed E-state index contributed by atoms with van der Waals surface area (Å²) in [5, 5.41) is 5.94. The SMILES string of the molecule is CC(C)C(NC(=O)c1c(F)cccc1F)C(=O)N1CCC2(CCNC2)CC1. The molecule has 1 spiro atoms. The molecule has 2 fully saturated rings. The number of nitrogens with one attached hydrogen (secondary N) is 2. The summed E-state index contributed by atoms with van der Waals surface area (Å²) in [6.07, 6.45) is 3.00. The van der Waals surface area contributed by atoms with Crippen molar-refractivity contribution in [3.8, 4) is 0 Å². The van der Waals surface area contributed by atoms with Gasteiger partial charge in [0.15, 0.2) is 0 Å². The summed E-state index contributed by atoms with van der Waals surface area (Å²) in [5.74, 6) is -3.14. The molecule has 1 aromatic rings. The molecule has 1 aromatic carbocycles. The van der Waals surface area contributed by atoms with Crippen LogP contribution in [0.1, 0.15) is 43.5 Å². The van der Waals surface area contributed by atoms with E-state index in [9.17, 15) is 18.4 Å². The molecule has 2 aliphatic heterocycles. The third kappa shape index (κ3) is 4.13. The van der Waals surface area contributed by atoms with Crippen LogP contribution in [0.4, 0.5) is 8.78 Å². The molecule has 2 aliphatic rings. The molecule has 2 N–H and O–H groups in total. The fraction of sp³-hybridized carbons (Fsp3) is 0.600. The zero-order valence-corrected chi connectivity index (χ0v) is 15.9. The summed E-state index contributed by atoms with van der Waals surface area (Å²) in [7, 11) is 0. The standard InChI is InChI=1S/C20H27F2N3O2/c1-13(2)17(24-18(26)16-14(21)4-3-5-15(16)22)19(27)25-10-7-20(8-11-25)6-9-23-12-20/h3-5,13,17,23H,6-12H2,1-2H3,(H,24,26). The first-order valence-corrected chi connectivity index (χ1v) is 9.57. The summed E-state index contributed by atoms with van der Waals surface area (Å²) >= 11 is 0. The minimum Gasteiger partial charge on any atom is -0.341 e. The monoisotopic (exact) mass is 379 g/mol. The molecule has 1 atom stereocenters. The Labute approximate surface area is 158 Å². The van der Waals surface area contributed by atoms with Gasteiger partial charge in [-0.3, -0.25) is 9.59 Å². The fourth-order valence-electron chi connectivity index (χ4n) is 4.06. The van der Waals surface area contributed by atoms with Crippen LogP contribution in [0, 0.1) is 23.0 Å². The first-order valence-electron chi connectivity index (χ1n) is 9.57. The van der Waals surface area contributed by atoms with Gasteiger partial charge in [-0.15, -0.1) is 0 Å². The largest absolute Gasteiger partial charge is 0.341 e. The van der Waals surface area contributed by atoms with Crippen LogP contribution in [0.3, 0.4) is 0 Å². The molecule has 0 aromatic heterocycles. The Morgan fingerprint density at radius 3 is 2.30 bits per heavy atom. The molecule has 0 aliphatic carbocycles. The Hall–Kier alpha value is -2.02. The Balaban J connectivity index is 1.68. The van der Waals surface area contributed by atoms with Crippen molar-refractivity contribution in [3.63, 3.8) is 0 Å². The highest BCUT2D eigenvalue weighted by molar-refractivity contribution is 5.98. The topological polar surface area (TPSA) is 61.4 Å². The van der Waals surface area contributed by atoms with Gasteiger partial charge in [0, 0.05) is 19.6 Å². The number of rotatable bonds is 4. The van der Waals surface area contributed by atoms with Crippen LogP contribution in [-0.4, -0.2) is 48.9 Å². The predicted octanol–water partition coefficient (Wildman–Crippen LogP) is 2.32. The third-order valence-corrected chi connectivity index (χ3v) is 5.88. The number of piperidine rings is 1. The van der Waals surface area contributed by atoms with Gasteiger partial charge >= 0.3 is 0 Å². The molecule has 2 amide bonds. The molecule has 148 valence electrons. The predicted molar refractivity (Wildman–Crippen MR) is 98.2 cm³/mol. The van der Waals surface area contributed by atoms with Gasteiger partial charge in [0.05, 0.1) is 0 Å². The number of benzene rings is 1. The average molecular weight is 379 g/mol. The second-order valence-electron chi connectivity index (χ2n) is 8.04. The molecule has 27 heavy (non-hydrogen) atoms. The average Bonchev–Trinajstić information content (AvgIpc) is 3.07. The van der Waals surface area contributed by atoms with Crippen LogP contribution < -0.4 is 10.6 Å². The van der Waals surface area contributed by atoms with E-state index in [1.165, 1.54) is 6.07 Å². The van der Waals surface area contributed by atoms with Crippen molar-refractivity contribution in [1.82, 2.24) is 15.5 Å². The van der Waals surface area contributed by atoms with Crippen molar-refractivity contribution >= 4 is 11.8 Å². The molecule has 2 saturated heterocycles. The second kappa shape index (κ2) is 7.92. The molecule has 0 saturated carbocycles. The van der Waals surface area contributed by atoms with E-state index in [0.717, 1.165) is 44.5 Å². The molecule has 1 unspecified atom stereocenters. The van der Waals surface area contributed by atoms with Crippen molar-refractivity contribution in [2.45, 2.75) is 39.2 Å². The number of nitrogens with zero attached hydrogens (tertiary/aromatic N) is 1. The van der Waals surface area contributed by atoms with Gasteiger partial charge in [-0.1, -0.05) is 19.9 Å². The lowest BCUT2D eigenvalue weighted by Crippen LogP contribution is -2.54. The van der Waals surface area contributed by atoms with Crippen LogP contribution in [0.5, 0.6) is 0 Å². The lowest BCUT2D eigenvalue weighted by Gasteiger charge is -2.40. The van der Waals surface area contributed by atoms with Crippen LogP contribution in [0.25, 0.3) is 0 Å². The Kier molecular flexibility index (Phi) is 5.79. The minimum absolute atomic E-state index is 0.184. The highest BCUT2D eigenvalue weighted by Gasteiger charge is 2.40. The minimum atomic E-state index is -0.934. The number of hydrogen-bond acceptors (Lipinski definition) is 3. The van der Waals surface area contributed by atoms with Crippen LogP contribution in [0.2, 0.25) is 0 Å². The maximum Gasteiger partial charge on any atom is 0.257 e. The van der Waals surface area contributed by atoms with Gasteiger partial charge in [0.1, 0.15) is 23.2 Å². The number of carbonyl (C=O) groups is 2. The highest BCUT2D eigenvalue weighted by atomic mass is 19.1. The maximum atomic E-state index is 13.9. The summed E-state index contributed by atoms with van der Waals surface area (Å²) in [6.45, 7) is 6.93. The van der Waals surface area contributed by atoms with Gasteiger partial charge in [0.25, 0.3) is 5.91 Å². The molecule has 2 heterocycles. The molecule has 0 bridgehead atoms. The molecular formula is C20H27F2N3O2. The van der Waals surface area contributed by atoms with Crippen molar-refractivity contribution < 1.29 is 18.4 Å². The van der Waals surface area contributed by atoms with E-state index >= 15 is 0 Å². The normalized spacial score (nSPS) is 20.1. The Morgan fingerprint density at radius 1 is 1.15 bits per heavy atom. The van der Waals surface area contributed by atoms with Crippen LogP contribution in [-0.2, 0) is 4.79 Å². The smallest absolute Gasteiger partial charge is 0.257 e. The first-order chi connectivity index (χ1) is 12.8. The Bertz CT molecular complexity index is 687. The van der Waals surface area contributed by atoms with Crippen molar-refractivity contribution in [2.24, 2.45) is 11.3 Å². The van der Waals surface area contributed by atoms with Gasteiger partial charge in [-0.2, -0.15) is 0 Å². The molecule has 3 rings (SSSR count). The summed E-state index contributed by atoms with van der Waals surface area (Å²) in [4.78, 5) is 27.2. The van der Waals surface area contributed by atoms with Gasteiger partial charge in [-0.25, -0.2) is 8.78 Å². The zero-order chi connectivity index (χ0) is 19.6. The van der Waals surface area contributed by atoms with E-state index < -0.39 is 29.1 Å². The lowest BCUT2D eigenvalue weighted by atomic mass is 9.77. The molecule has 7 heteroatoms. The summed E-state index contributed by atoms with van der Waals surface area (Å²) in [6, 6.07) is 2.45. The molecule has 5 nitrogen and oxygen atoms in total. The fourth-order valence-corrected chi connectivity index (χ4v) is 4.06. The second-order valence-corrected chi connectivity index (χ2v) is 8.04. The number of carbonyl (C=O) groups excluding carboxylic acids is 2. The molecule has 0 radical (unpaired) electrons. The maximum absolute atomic E-state index is 13.9. The van der Waals surface area contributed by atoms with E-state index in [1.807, 2.05) is 13.8 Å². The van der Waals surface area contributed by atoms with Crippen LogP contribution >= 0.6 is 0 Å². The Morgan fingerprint density at radius 2 is 1.78 bits per heavy atom. The molecular weight excluding hydrogens is 352 g/mol. The number of amides is 2. The van der Waals surface area contributed by atoms with Gasteiger partial charge < -0.3 is 15.5 Å². The highest BCUT2D eigenvalue weighted by Crippen LogP contribution is 2.37. The number of halogens is 2. The summed E-state index contributed by atoms with van der Waals surface area (Å²) in [5.41, 5.74) is -0.366. The van der Waals surface area contributed by atoms with E-state index in [1.54, 1.807) is 4.90 Å². The quantitative estimate of drug-likeness (QED) is 0.844. The van der Waals surface area contributed by atoms with E-state index in [2.05, 4.69) is 10.6 Å².